The number of anilines is 1. The molecule has 0 atom stereocenters. The molecule has 0 aliphatic rings. The molecular formula is C30H32FN5O5. The smallest absolute Gasteiger partial charge is 0.412 e. The van der Waals surface area contributed by atoms with E-state index in [4.69, 9.17) is 14.2 Å². The molecule has 0 unspecified atom stereocenters. The van der Waals surface area contributed by atoms with Gasteiger partial charge in [0.2, 0.25) is 5.88 Å². The van der Waals surface area contributed by atoms with E-state index in [0.717, 1.165) is 12.8 Å². The molecule has 0 spiro atoms. The molecule has 4 rings (SSSR count). The van der Waals surface area contributed by atoms with Crippen molar-refractivity contribution >= 4 is 17.7 Å². The standard InChI is InChI=1S/C30H32FN5O5/c1-5-6-7-8-26(37)40-28-25(35-29(38)41-30(2,3)4)14-13-23(34-28)19-9-11-21(12-10-19)39-27-22(31)17-20(18-32-27)24-15-16-33-36-24/h9-18H,5-8H2,1-4H3,(H,33,36)(H,35,38). The van der Waals surface area contributed by atoms with E-state index in [0.29, 0.717) is 34.7 Å². The van der Waals surface area contributed by atoms with E-state index < -0.39 is 23.5 Å². The van der Waals surface area contributed by atoms with Crippen molar-refractivity contribution in [1.82, 2.24) is 20.2 Å². The summed E-state index contributed by atoms with van der Waals surface area (Å²) in [7, 11) is 0. The number of esters is 1. The van der Waals surface area contributed by atoms with Crippen LogP contribution < -0.4 is 14.8 Å². The monoisotopic (exact) mass is 561 g/mol. The molecule has 2 N–H and O–H groups in total. The molecule has 11 heteroatoms. The molecule has 0 aliphatic heterocycles. The normalized spacial score (nSPS) is 11.1. The second-order valence-corrected chi connectivity index (χ2v) is 10.2. The maximum absolute atomic E-state index is 14.6. The van der Waals surface area contributed by atoms with Gasteiger partial charge in [0, 0.05) is 29.9 Å². The summed E-state index contributed by atoms with van der Waals surface area (Å²) < 4.78 is 31.1. The summed E-state index contributed by atoms with van der Waals surface area (Å²) in [5.74, 6) is -0.929. The number of hydrogen-bond donors (Lipinski definition) is 2. The number of carbonyl (C=O) groups excluding carboxylic acids is 2. The van der Waals surface area contributed by atoms with Crippen LogP contribution in [0.3, 0.4) is 0 Å². The first-order valence-electron chi connectivity index (χ1n) is 13.3. The average Bonchev–Trinajstić information content (AvgIpc) is 3.46. The van der Waals surface area contributed by atoms with Crippen LogP contribution in [0.4, 0.5) is 14.9 Å². The number of hydrogen-bond acceptors (Lipinski definition) is 8. The van der Waals surface area contributed by atoms with Crippen LogP contribution in [-0.2, 0) is 9.53 Å². The Bertz CT molecular complexity index is 1480. The third kappa shape index (κ3) is 8.34. The third-order valence-corrected chi connectivity index (χ3v) is 5.67. The van der Waals surface area contributed by atoms with E-state index in [2.05, 4.69) is 25.5 Å². The summed E-state index contributed by atoms with van der Waals surface area (Å²) in [4.78, 5) is 33.4. The lowest BCUT2D eigenvalue weighted by molar-refractivity contribution is -0.134. The molecule has 0 bridgehead atoms. The molecule has 0 saturated heterocycles. The van der Waals surface area contributed by atoms with Crippen molar-refractivity contribution in [3.8, 4) is 40.0 Å². The zero-order valence-electron chi connectivity index (χ0n) is 23.4. The molecule has 0 aliphatic carbocycles. The number of aromatic amines is 1. The lowest BCUT2D eigenvalue weighted by atomic mass is 10.1. The maximum atomic E-state index is 14.6. The van der Waals surface area contributed by atoms with Crippen molar-refractivity contribution in [2.75, 3.05) is 5.32 Å². The van der Waals surface area contributed by atoms with Gasteiger partial charge in [-0.3, -0.25) is 15.2 Å². The Labute approximate surface area is 237 Å². The number of nitrogens with one attached hydrogen (secondary N) is 2. The summed E-state index contributed by atoms with van der Waals surface area (Å²) in [6.07, 6.45) is 5.13. The predicted octanol–water partition coefficient (Wildman–Crippen LogP) is 7.30. The highest BCUT2D eigenvalue weighted by Crippen LogP contribution is 2.31. The lowest BCUT2D eigenvalue weighted by Gasteiger charge is -2.20. The Balaban J connectivity index is 1.51. The number of H-pyrrole nitrogens is 1. The number of nitrogens with zero attached hydrogens (tertiary/aromatic N) is 3. The van der Waals surface area contributed by atoms with Gasteiger partial charge in [0.25, 0.3) is 5.88 Å². The highest BCUT2D eigenvalue weighted by Gasteiger charge is 2.20. The Kier molecular flexibility index (Phi) is 9.28. The summed E-state index contributed by atoms with van der Waals surface area (Å²) in [6, 6.07) is 13.0. The lowest BCUT2D eigenvalue weighted by Crippen LogP contribution is -2.27. The van der Waals surface area contributed by atoms with Crippen molar-refractivity contribution in [2.24, 2.45) is 0 Å². The van der Waals surface area contributed by atoms with Crippen LogP contribution in [-0.4, -0.2) is 37.8 Å². The number of aromatic nitrogens is 4. The number of pyridine rings is 2. The van der Waals surface area contributed by atoms with Crippen molar-refractivity contribution in [3.63, 3.8) is 0 Å². The SMILES string of the molecule is CCCCCC(=O)Oc1nc(-c2ccc(Oc3ncc(-c4ccn[nH]4)cc3F)cc2)ccc1NC(=O)OC(C)(C)C. The van der Waals surface area contributed by atoms with Crippen LogP contribution in [0.5, 0.6) is 17.5 Å². The van der Waals surface area contributed by atoms with Gasteiger partial charge in [-0.2, -0.15) is 5.10 Å². The van der Waals surface area contributed by atoms with Gasteiger partial charge < -0.3 is 14.2 Å². The molecule has 3 heterocycles. The fourth-order valence-corrected chi connectivity index (χ4v) is 3.74. The summed E-state index contributed by atoms with van der Waals surface area (Å²) >= 11 is 0. The molecule has 1 amide bonds. The number of rotatable bonds is 10. The Morgan fingerprint density at radius 1 is 1.00 bits per heavy atom. The minimum absolute atomic E-state index is 0.0428. The summed E-state index contributed by atoms with van der Waals surface area (Å²) in [5, 5.41) is 9.22. The van der Waals surface area contributed by atoms with Crippen LogP contribution in [0, 0.1) is 5.82 Å². The van der Waals surface area contributed by atoms with Crippen molar-refractivity contribution < 1.29 is 28.2 Å². The van der Waals surface area contributed by atoms with E-state index in [1.54, 1.807) is 69.4 Å². The molecule has 3 aromatic heterocycles. The van der Waals surface area contributed by atoms with Crippen LogP contribution in [0.15, 0.2) is 60.9 Å². The number of ether oxygens (including phenoxy) is 3. The Morgan fingerprint density at radius 2 is 1.78 bits per heavy atom. The quantitative estimate of drug-likeness (QED) is 0.152. The van der Waals surface area contributed by atoms with Crippen LogP contribution in [0.25, 0.3) is 22.5 Å². The fraction of sp³-hybridized carbons (Fsp3) is 0.300. The highest BCUT2D eigenvalue weighted by molar-refractivity contribution is 5.88. The first kappa shape index (κ1) is 29.2. The molecule has 1 aromatic carbocycles. The van der Waals surface area contributed by atoms with Crippen molar-refractivity contribution in [1.29, 1.82) is 0 Å². The molecule has 0 fully saturated rings. The molecule has 41 heavy (non-hydrogen) atoms. The summed E-state index contributed by atoms with van der Waals surface area (Å²) in [5.41, 5.74) is 1.83. The maximum Gasteiger partial charge on any atom is 0.412 e. The second kappa shape index (κ2) is 13.0. The first-order chi connectivity index (χ1) is 19.6. The molecule has 0 radical (unpaired) electrons. The van der Waals surface area contributed by atoms with Crippen molar-refractivity contribution in [3.05, 3.63) is 66.7 Å². The number of benzene rings is 1. The van der Waals surface area contributed by atoms with E-state index in [1.165, 1.54) is 12.3 Å². The predicted molar refractivity (Wildman–Crippen MR) is 151 cm³/mol. The van der Waals surface area contributed by atoms with Gasteiger partial charge in [-0.25, -0.2) is 19.2 Å². The fourth-order valence-electron chi connectivity index (χ4n) is 3.74. The first-order valence-corrected chi connectivity index (χ1v) is 13.3. The molecule has 4 aromatic rings. The third-order valence-electron chi connectivity index (χ3n) is 5.67. The van der Waals surface area contributed by atoms with Gasteiger partial charge in [-0.05, 0) is 75.7 Å². The minimum Gasteiger partial charge on any atom is -0.444 e. The van der Waals surface area contributed by atoms with Crippen LogP contribution in [0.1, 0.15) is 53.4 Å². The van der Waals surface area contributed by atoms with Gasteiger partial charge in [0.05, 0.1) is 11.4 Å². The van der Waals surface area contributed by atoms with Crippen molar-refractivity contribution in [2.45, 2.75) is 59.0 Å². The molecule has 214 valence electrons. The molecule has 0 saturated carbocycles. The number of carbonyl (C=O) groups is 2. The minimum atomic E-state index is -0.710. The largest absolute Gasteiger partial charge is 0.444 e. The Hall–Kier alpha value is -4.80. The summed E-state index contributed by atoms with van der Waals surface area (Å²) in [6.45, 7) is 7.28. The zero-order chi connectivity index (χ0) is 29.4. The van der Waals surface area contributed by atoms with Gasteiger partial charge in [-0.1, -0.05) is 19.8 Å². The van der Waals surface area contributed by atoms with Crippen LogP contribution in [0.2, 0.25) is 0 Å². The molecular weight excluding hydrogens is 529 g/mol. The van der Waals surface area contributed by atoms with Gasteiger partial charge in [0.15, 0.2) is 5.82 Å². The van der Waals surface area contributed by atoms with Gasteiger partial charge in [0.1, 0.15) is 17.0 Å². The average molecular weight is 562 g/mol. The number of unbranched alkanes of at least 4 members (excludes halogenated alkanes) is 2. The van der Waals surface area contributed by atoms with Gasteiger partial charge in [-0.15, -0.1) is 0 Å². The zero-order valence-corrected chi connectivity index (χ0v) is 23.4. The number of amides is 1. The van der Waals surface area contributed by atoms with Crippen LogP contribution >= 0.6 is 0 Å². The number of halogens is 1. The molecule has 10 nitrogen and oxygen atoms in total. The Morgan fingerprint density at radius 3 is 2.44 bits per heavy atom. The van der Waals surface area contributed by atoms with Gasteiger partial charge >= 0.3 is 12.1 Å². The van der Waals surface area contributed by atoms with E-state index in [1.807, 2.05) is 6.92 Å². The van der Waals surface area contributed by atoms with E-state index in [9.17, 15) is 14.0 Å². The second-order valence-electron chi connectivity index (χ2n) is 10.2. The van der Waals surface area contributed by atoms with E-state index >= 15 is 0 Å². The van der Waals surface area contributed by atoms with E-state index in [-0.39, 0.29) is 23.9 Å². The topological polar surface area (TPSA) is 128 Å². The highest BCUT2D eigenvalue weighted by atomic mass is 19.1.